The van der Waals surface area contributed by atoms with Gasteiger partial charge in [-0.2, -0.15) is 15.0 Å². The first-order valence-electron chi connectivity index (χ1n) is 5.09. The zero-order chi connectivity index (χ0) is 12.5. The predicted octanol–water partition coefficient (Wildman–Crippen LogP) is 0.0963. The number of anilines is 2. The van der Waals surface area contributed by atoms with Gasteiger partial charge in [0, 0.05) is 6.04 Å². The molecule has 2 rings (SSSR count). The van der Waals surface area contributed by atoms with Crippen molar-refractivity contribution in [2.45, 2.75) is 18.9 Å². The Labute approximate surface area is 104 Å². The molecule has 0 radical (unpaired) electrons. The average molecular weight is 278 g/mol. The summed E-state index contributed by atoms with van der Waals surface area (Å²) in [5.74, 6) is 0.539. The van der Waals surface area contributed by atoms with Crippen LogP contribution in [0.4, 0.5) is 11.9 Å². The lowest BCUT2D eigenvalue weighted by atomic mass is 10.2. The van der Waals surface area contributed by atoms with Crippen LogP contribution in [0.2, 0.25) is 5.28 Å². The summed E-state index contributed by atoms with van der Waals surface area (Å²) >= 11 is 5.62. The molecule has 94 valence electrons. The molecule has 0 saturated carbocycles. The molecular formula is C8H12ClN5O2S. The van der Waals surface area contributed by atoms with Crippen LogP contribution >= 0.6 is 11.6 Å². The SMILES string of the molecule is Nc1nc(Cl)nc(NC2CCCS(=O)(=O)C2)n1. The number of nitrogens with zero attached hydrogens (tertiary/aromatic N) is 3. The molecule has 1 aliphatic heterocycles. The largest absolute Gasteiger partial charge is 0.368 e. The van der Waals surface area contributed by atoms with Crippen LogP contribution in [0.3, 0.4) is 0 Å². The van der Waals surface area contributed by atoms with Crippen molar-refractivity contribution in [1.29, 1.82) is 0 Å². The molecule has 9 heteroatoms. The van der Waals surface area contributed by atoms with E-state index in [-0.39, 0.29) is 34.7 Å². The highest BCUT2D eigenvalue weighted by Gasteiger charge is 2.25. The van der Waals surface area contributed by atoms with Gasteiger partial charge in [0.15, 0.2) is 9.84 Å². The second kappa shape index (κ2) is 4.61. The fourth-order valence-electron chi connectivity index (χ4n) is 1.75. The monoisotopic (exact) mass is 277 g/mol. The maximum atomic E-state index is 11.4. The maximum absolute atomic E-state index is 11.4. The third-order valence-electron chi connectivity index (χ3n) is 2.42. The van der Waals surface area contributed by atoms with E-state index in [9.17, 15) is 8.42 Å². The van der Waals surface area contributed by atoms with E-state index in [1.54, 1.807) is 0 Å². The molecule has 1 saturated heterocycles. The van der Waals surface area contributed by atoms with Gasteiger partial charge in [-0.25, -0.2) is 8.42 Å². The Balaban J connectivity index is 2.10. The van der Waals surface area contributed by atoms with Crippen LogP contribution < -0.4 is 11.1 Å². The fraction of sp³-hybridized carbons (Fsp3) is 0.625. The van der Waals surface area contributed by atoms with Gasteiger partial charge in [0.2, 0.25) is 17.2 Å². The number of rotatable bonds is 2. The van der Waals surface area contributed by atoms with Gasteiger partial charge in [-0.1, -0.05) is 0 Å². The molecule has 1 unspecified atom stereocenters. The van der Waals surface area contributed by atoms with Crippen molar-refractivity contribution in [1.82, 2.24) is 15.0 Å². The van der Waals surface area contributed by atoms with Gasteiger partial charge in [-0.15, -0.1) is 0 Å². The normalized spacial score (nSPS) is 23.2. The second-order valence-electron chi connectivity index (χ2n) is 3.88. The van der Waals surface area contributed by atoms with Crippen molar-refractivity contribution in [3.05, 3.63) is 5.28 Å². The molecule has 1 atom stereocenters. The van der Waals surface area contributed by atoms with Crippen LogP contribution in [-0.2, 0) is 9.84 Å². The molecule has 0 bridgehead atoms. The maximum Gasteiger partial charge on any atom is 0.229 e. The van der Waals surface area contributed by atoms with Crippen LogP contribution in [0.25, 0.3) is 0 Å². The van der Waals surface area contributed by atoms with Crippen molar-refractivity contribution < 1.29 is 8.42 Å². The lowest BCUT2D eigenvalue weighted by Gasteiger charge is -2.22. The van der Waals surface area contributed by atoms with E-state index < -0.39 is 9.84 Å². The summed E-state index contributed by atoms with van der Waals surface area (Å²) in [4.78, 5) is 11.3. The molecule has 0 aromatic carbocycles. The number of hydrogen-bond acceptors (Lipinski definition) is 7. The van der Waals surface area contributed by atoms with Gasteiger partial charge in [0.25, 0.3) is 0 Å². The predicted molar refractivity (Wildman–Crippen MR) is 64.5 cm³/mol. The fourth-order valence-corrected chi connectivity index (χ4v) is 3.55. The molecule has 3 N–H and O–H groups in total. The number of nitrogens with two attached hydrogens (primary N) is 1. The van der Waals surface area contributed by atoms with Crippen molar-refractivity contribution in [3.8, 4) is 0 Å². The minimum Gasteiger partial charge on any atom is -0.368 e. The Hall–Kier alpha value is -1.15. The van der Waals surface area contributed by atoms with E-state index in [0.29, 0.717) is 6.42 Å². The molecule has 7 nitrogen and oxygen atoms in total. The number of halogens is 1. The van der Waals surface area contributed by atoms with Crippen LogP contribution in [-0.4, -0.2) is 40.9 Å². The third kappa shape index (κ3) is 3.40. The number of nitrogens with one attached hydrogen (secondary N) is 1. The number of aromatic nitrogens is 3. The first-order chi connectivity index (χ1) is 7.94. The second-order valence-corrected chi connectivity index (χ2v) is 6.45. The average Bonchev–Trinajstić information content (AvgIpc) is 2.13. The van der Waals surface area contributed by atoms with Gasteiger partial charge in [0.05, 0.1) is 11.5 Å². The highest BCUT2D eigenvalue weighted by atomic mass is 35.5. The number of nitrogen functional groups attached to an aromatic ring is 1. The summed E-state index contributed by atoms with van der Waals surface area (Å²) in [6.45, 7) is 0. The van der Waals surface area contributed by atoms with E-state index in [1.807, 2.05) is 0 Å². The highest BCUT2D eigenvalue weighted by Crippen LogP contribution is 2.16. The van der Waals surface area contributed by atoms with Crippen LogP contribution in [0.5, 0.6) is 0 Å². The molecule has 17 heavy (non-hydrogen) atoms. The minimum atomic E-state index is -2.97. The molecule has 1 aliphatic rings. The Morgan fingerprint density at radius 2 is 2.12 bits per heavy atom. The Morgan fingerprint density at radius 3 is 2.76 bits per heavy atom. The van der Waals surface area contributed by atoms with Gasteiger partial charge < -0.3 is 11.1 Å². The van der Waals surface area contributed by atoms with E-state index in [2.05, 4.69) is 20.3 Å². The summed E-state index contributed by atoms with van der Waals surface area (Å²) in [6, 6.07) is -0.202. The van der Waals surface area contributed by atoms with Gasteiger partial charge in [0.1, 0.15) is 0 Å². The molecule has 0 amide bonds. The quantitative estimate of drug-likeness (QED) is 0.788. The van der Waals surface area contributed by atoms with E-state index in [1.165, 1.54) is 0 Å². The van der Waals surface area contributed by atoms with E-state index in [4.69, 9.17) is 17.3 Å². The van der Waals surface area contributed by atoms with Crippen LogP contribution in [0.1, 0.15) is 12.8 Å². The molecule has 0 aliphatic carbocycles. The molecule has 2 heterocycles. The van der Waals surface area contributed by atoms with Crippen molar-refractivity contribution in [2.24, 2.45) is 0 Å². The third-order valence-corrected chi connectivity index (χ3v) is 4.41. The van der Waals surface area contributed by atoms with Crippen LogP contribution in [0.15, 0.2) is 0 Å². The summed E-state index contributed by atoms with van der Waals surface area (Å²) in [6.07, 6.45) is 1.39. The summed E-state index contributed by atoms with van der Waals surface area (Å²) in [5.41, 5.74) is 5.41. The van der Waals surface area contributed by atoms with Gasteiger partial charge in [-0.05, 0) is 24.4 Å². The standard InChI is InChI=1S/C8H12ClN5O2S/c9-6-12-7(10)14-8(13-6)11-5-2-1-3-17(15,16)4-5/h5H,1-4H2,(H3,10,11,12,13,14). The van der Waals surface area contributed by atoms with E-state index >= 15 is 0 Å². The molecule has 1 fully saturated rings. The molecule has 1 aromatic heterocycles. The minimum absolute atomic E-state index is 0.00571. The van der Waals surface area contributed by atoms with Crippen molar-refractivity contribution in [3.63, 3.8) is 0 Å². The molecule has 1 aromatic rings. The topological polar surface area (TPSA) is 111 Å². The van der Waals surface area contributed by atoms with Crippen molar-refractivity contribution >= 4 is 33.3 Å². The zero-order valence-electron chi connectivity index (χ0n) is 8.93. The molecular weight excluding hydrogens is 266 g/mol. The van der Waals surface area contributed by atoms with Gasteiger partial charge in [-0.3, -0.25) is 0 Å². The van der Waals surface area contributed by atoms with E-state index in [0.717, 1.165) is 6.42 Å². The number of sulfone groups is 1. The van der Waals surface area contributed by atoms with Crippen LogP contribution in [0, 0.1) is 0 Å². The molecule has 0 spiro atoms. The smallest absolute Gasteiger partial charge is 0.229 e. The van der Waals surface area contributed by atoms with Gasteiger partial charge >= 0.3 is 0 Å². The number of hydrogen-bond donors (Lipinski definition) is 2. The Kier molecular flexibility index (Phi) is 3.34. The highest BCUT2D eigenvalue weighted by molar-refractivity contribution is 7.91. The summed E-state index contributed by atoms with van der Waals surface area (Å²) < 4.78 is 22.9. The summed E-state index contributed by atoms with van der Waals surface area (Å²) in [5, 5.41) is 2.90. The lowest BCUT2D eigenvalue weighted by Crippen LogP contribution is -2.35. The summed E-state index contributed by atoms with van der Waals surface area (Å²) in [7, 11) is -2.97. The first kappa shape index (κ1) is 12.3. The van der Waals surface area contributed by atoms with Crippen molar-refractivity contribution in [2.75, 3.05) is 22.6 Å². The Morgan fingerprint density at radius 1 is 1.35 bits per heavy atom. The zero-order valence-corrected chi connectivity index (χ0v) is 10.5. The Bertz CT molecular complexity index is 500. The first-order valence-corrected chi connectivity index (χ1v) is 7.28. The lowest BCUT2D eigenvalue weighted by molar-refractivity contribution is 0.561.